The summed E-state index contributed by atoms with van der Waals surface area (Å²) in [4.78, 5) is 29.9. The van der Waals surface area contributed by atoms with Gasteiger partial charge in [0.25, 0.3) is 5.56 Å². The van der Waals surface area contributed by atoms with E-state index in [9.17, 15) is 14.0 Å². The van der Waals surface area contributed by atoms with Gasteiger partial charge in [-0.05, 0) is 62.7 Å². The number of carbonyl (C=O) groups excluding carboxylic acids is 1. The minimum absolute atomic E-state index is 0.0810. The highest BCUT2D eigenvalue weighted by Crippen LogP contribution is 2.20. The minimum atomic E-state index is -0.327. The maximum absolute atomic E-state index is 14.0. The van der Waals surface area contributed by atoms with Gasteiger partial charge < -0.3 is 13.9 Å². The molecule has 170 valence electrons. The standard InChI is InChI=1S/C26H27FN4O2/c1-18-4-8-21(9-5-18)29-15-14-28(17-25(29)32)12-3-13-30-22-11-7-20(27)16-24(22)31-19(2)6-10-23(31)26(30)33/h4-11,16H,3,12-15,17H2,1-2H3. The molecule has 1 saturated heterocycles. The van der Waals surface area contributed by atoms with Gasteiger partial charge in [-0.2, -0.15) is 0 Å². The number of rotatable bonds is 5. The Kier molecular flexibility index (Phi) is 5.50. The van der Waals surface area contributed by atoms with Crippen LogP contribution < -0.4 is 10.5 Å². The molecule has 2 aromatic carbocycles. The number of amides is 1. The van der Waals surface area contributed by atoms with Crippen LogP contribution in [0.5, 0.6) is 0 Å². The van der Waals surface area contributed by atoms with Gasteiger partial charge in [-0.1, -0.05) is 17.7 Å². The summed E-state index contributed by atoms with van der Waals surface area (Å²) in [7, 11) is 0. The van der Waals surface area contributed by atoms with Gasteiger partial charge in [0.15, 0.2) is 0 Å². The molecule has 6 nitrogen and oxygen atoms in total. The van der Waals surface area contributed by atoms with Crippen LogP contribution in [0.4, 0.5) is 10.1 Å². The number of nitrogens with zero attached hydrogens (tertiary/aromatic N) is 4. The quantitative estimate of drug-likeness (QED) is 0.469. The van der Waals surface area contributed by atoms with Crippen LogP contribution in [0.25, 0.3) is 16.6 Å². The van der Waals surface area contributed by atoms with Crippen molar-refractivity contribution < 1.29 is 9.18 Å². The molecule has 0 atom stereocenters. The van der Waals surface area contributed by atoms with Gasteiger partial charge >= 0.3 is 0 Å². The monoisotopic (exact) mass is 446 g/mol. The van der Waals surface area contributed by atoms with Crippen LogP contribution in [0, 0.1) is 19.7 Å². The molecule has 3 heterocycles. The Morgan fingerprint density at radius 2 is 1.61 bits per heavy atom. The van der Waals surface area contributed by atoms with Crippen molar-refractivity contribution in [2.75, 3.05) is 31.1 Å². The summed E-state index contributed by atoms with van der Waals surface area (Å²) in [6, 6.07) is 16.2. The van der Waals surface area contributed by atoms with E-state index >= 15 is 0 Å². The van der Waals surface area contributed by atoms with Gasteiger partial charge in [0.05, 0.1) is 17.6 Å². The zero-order valence-electron chi connectivity index (χ0n) is 18.9. The molecule has 0 spiro atoms. The highest BCUT2D eigenvalue weighted by atomic mass is 19.1. The van der Waals surface area contributed by atoms with E-state index < -0.39 is 0 Å². The molecule has 1 amide bonds. The fraction of sp³-hybridized carbons (Fsp3) is 0.308. The van der Waals surface area contributed by atoms with Gasteiger partial charge in [-0.15, -0.1) is 0 Å². The number of carbonyl (C=O) groups is 1. The van der Waals surface area contributed by atoms with Crippen LogP contribution >= 0.6 is 0 Å². The fourth-order valence-electron chi connectivity index (χ4n) is 4.76. The lowest BCUT2D eigenvalue weighted by Crippen LogP contribution is -2.50. The fourth-order valence-corrected chi connectivity index (χ4v) is 4.76. The van der Waals surface area contributed by atoms with Crippen molar-refractivity contribution in [3.8, 4) is 0 Å². The van der Waals surface area contributed by atoms with E-state index in [4.69, 9.17) is 0 Å². The third kappa shape index (κ3) is 3.93. The predicted molar refractivity (Wildman–Crippen MR) is 128 cm³/mol. The Morgan fingerprint density at radius 1 is 0.848 bits per heavy atom. The first-order valence-electron chi connectivity index (χ1n) is 11.3. The van der Waals surface area contributed by atoms with Crippen LogP contribution in [0.3, 0.4) is 0 Å². The number of benzene rings is 2. The Balaban J connectivity index is 1.31. The molecule has 1 aliphatic heterocycles. The zero-order valence-corrected chi connectivity index (χ0v) is 18.9. The molecule has 7 heteroatoms. The largest absolute Gasteiger partial charge is 0.310 e. The van der Waals surface area contributed by atoms with E-state index in [0.717, 1.165) is 24.3 Å². The van der Waals surface area contributed by atoms with Crippen molar-refractivity contribution in [1.29, 1.82) is 0 Å². The zero-order chi connectivity index (χ0) is 23.1. The Morgan fingerprint density at radius 3 is 2.36 bits per heavy atom. The average Bonchev–Trinajstić information content (AvgIpc) is 3.19. The highest BCUT2D eigenvalue weighted by molar-refractivity contribution is 5.95. The number of hydrogen-bond donors (Lipinski definition) is 0. The third-order valence-electron chi connectivity index (χ3n) is 6.51. The molecule has 0 bridgehead atoms. The summed E-state index contributed by atoms with van der Waals surface area (Å²) in [5.41, 5.74) is 4.88. The van der Waals surface area contributed by atoms with Gasteiger partial charge in [0.2, 0.25) is 5.91 Å². The van der Waals surface area contributed by atoms with Crippen molar-refractivity contribution in [2.45, 2.75) is 26.8 Å². The van der Waals surface area contributed by atoms with Gasteiger partial charge in [-0.3, -0.25) is 14.5 Å². The molecule has 0 N–H and O–H groups in total. The summed E-state index contributed by atoms with van der Waals surface area (Å²) < 4.78 is 17.5. The summed E-state index contributed by atoms with van der Waals surface area (Å²) in [6.07, 6.45) is 0.722. The number of aryl methyl sites for hydroxylation is 3. The molecule has 2 aromatic heterocycles. The number of aromatic nitrogens is 2. The molecule has 1 fully saturated rings. The summed E-state index contributed by atoms with van der Waals surface area (Å²) in [5, 5.41) is 0. The molecule has 0 radical (unpaired) electrons. The lowest BCUT2D eigenvalue weighted by atomic mass is 10.2. The number of halogens is 1. The third-order valence-corrected chi connectivity index (χ3v) is 6.51. The van der Waals surface area contributed by atoms with Crippen molar-refractivity contribution in [2.24, 2.45) is 0 Å². The van der Waals surface area contributed by atoms with E-state index in [-0.39, 0.29) is 17.3 Å². The Hall–Kier alpha value is -3.45. The van der Waals surface area contributed by atoms with Crippen molar-refractivity contribution >= 4 is 28.1 Å². The minimum Gasteiger partial charge on any atom is -0.310 e. The second-order valence-corrected chi connectivity index (χ2v) is 8.80. The maximum Gasteiger partial charge on any atom is 0.275 e. The first kappa shape index (κ1) is 21.4. The van der Waals surface area contributed by atoms with Crippen LogP contribution in [-0.2, 0) is 11.3 Å². The van der Waals surface area contributed by atoms with E-state index in [1.54, 1.807) is 16.7 Å². The van der Waals surface area contributed by atoms with Crippen molar-refractivity contribution in [3.63, 3.8) is 0 Å². The van der Waals surface area contributed by atoms with Crippen molar-refractivity contribution in [1.82, 2.24) is 13.9 Å². The molecular weight excluding hydrogens is 419 g/mol. The number of piperazine rings is 1. The second kappa shape index (κ2) is 8.48. The van der Waals surface area contributed by atoms with E-state index in [2.05, 4.69) is 4.90 Å². The Labute approximate surface area is 191 Å². The summed E-state index contributed by atoms with van der Waals surface area (Å²) in [6.45, 7) is 6.97. The molecule has 0 aliphatic carbocycles. The molecule has 0 saturated carbocycles. The van der Waals surface area contributed by atoms with Crippen LogP contribution in [-0.4, -0.2) is 46.0 Å². The highest BCUT2D eigenvalue weighted by Gasteiger charge is 2.24. The molecule has 33 heavy (non-hydrogen) atoms. The first-order valence-corrected chi connectivity index (χ1v) is 11.3. The maximum atomic E-state index is 14.0. The van der Waals surface area contributed by atoms with Crippen molar-refractivity contribution in [3.05, 3.63) is 82.0 Å². The van der Waals surface area contributed by atoms with Crippen LogP contribution in [0.1, 0.15) is 17.7 Å². The van der Waals surface area contributed by atoms with Crippen LogP contribution in [0.2, 0.25) is 0 Å². The topological polar surface area (TPSA) is 50.0 Å². The Bertz CT molecular complexity index is 1400. The summed E-state index contributed by atoms with van der Waals surface area (Å²) in [5.74, 6) is -0.236. The average molecular weight is 447 g/mol. The SMILES string of the molecule is Cc1ccc(N2CCN(CCCn3c(=O)c4ccc(C)n4c4cc(F)ccc43)CC2=O)cc1. The predicted octanol–water partition coefficient (Wildman–Crippen LogP) is 3.75. The molecular formula is C26H27FN4O2. The van der Waals surface area contributed by atoms with E-state index in [1.807, 2.05) is 53.5 Å². The lowest BCUT2D eigenvalue weighted by Gasteiger charge is -2.34. The van der Waals surface area contributed by atoms with E-state index in [1.165, 1.54) is 17.7 Å². The van der Waals surface area contributed by atoms with Gasteiger partial charge in [0, 0.05) is 37.6 Å². The normalized spacial score (nSPS) is 15.1. The smallest absolute Gasteiger partial charge is 0.275 e. The van der Waals surface area contributed by atoms with Gasteiger partial charge in [0.1, 0.15) is 11.3 Å². The number of hydrogen-bond acceptors (Lipinski definition) is 3. The first-order chi connectivity index (χ1) is 15.9. The molecule has 1 aliphatic rings. The van der Waals surface area contributed by atoms with Gasteiger partial charge in [-0.25, -0.2) is 4.39 Å². The summed E-state index contributed by atoms with van der Waals surface area (Å²) >= 11 is 0. The molecule has 0 unspecified atom stereocenters. The van der Waals surface area contributed by atoms with Crippen LogP contribution in [0.15, 0.2) is 59.4 Å². The molecule has 4 aromatic rings. The van der Waals surface area contributed by atoms with E-state index in [0.29, 0.717) is 42.7 Å². The number of anilines is 1. The number of fused-ring (bicyclic) bond motifs is 3. The second-order valence-electron chi connectivity index (χ2n) is 8.80. The lowest BCUT2D eigenvalue weighted by molar-refractivity contribution is -0.121. The molecule has 5 rings (SSSR count).